The summed E-state index contributed by atoms with van der Waals surface area (Å²) < 4.78 is 14.8. The minimum absolute atomic E-state index is 0.143. The predicted octanol–water partition coefficient (Wildman–Crippen LogP) is 0.281. The van der Waals surface area contributed by atoms with Crippen LogP contribution in [0, 0.1) is 5.92 Å². The second-order valence-corrected chi connectivity index (χ2v) is 3.95. The Morgan fingerprint density at radius 2 is 2.24 bits per heavy atom. The van der Waals surface area contributed by atoms with Crippen molar-refractivity contribution in [2.45, 2.75) is 12.8 Å². The molecule has 0 aliphatic carbocycles. The van der Waals surface area contributed by atoms with Crippen molar-refractivity contribution in [2.75, 3.05) is 18.9 Å². The van der Waals surface area contributed by atoms with Crippen molar-refractivity contribution >= 4 is 5.82 Å². The number of aromatic nitrogens is 4. The number of nitrogen functional groups attached to an aromatic ring is 1. The zero-order valence-corrected chi connectivity index (χ0v) is 9.00. The van der Waals surface area contributed by atoms with Gasteiger partial charge in [-0.1, -0.05) is 5.16 Å². The molecule has 1 fully saturated rings. The third-order valence-electron chi connectivity index (χ3n) is 2.68. The number of anilines is 1. The van der Waals surface area contributed by atoms with E-state index in [1.807, 2.05) is 0 Å². The fourth-order valence-corrected chi connectivity index (χ4v) is 1.78. The predicted molar refractivity (Wildman–Crippen MR) is 54.6 cm³/mol. The number of nitrogens with two attached hydrogens (primary N) is 1. The molecule has 1 aliphatic heterocycles. The summed E-state index contributed by atoms with van der Waals surface area (Å²) in [4.78, 5) is 4.20. The fourth-order valence-electron chi connectivity index (χ4n) is 1.78. The van der Waals surface area contributed by atoms with Crippen LogP contribution in [-0.4, -0.2) is 33.7 Å². The molecule has 8 heteroatoms. The van der Waals surface area contributed by atoms with Crippen LogP contribution in [-0.2, 0) is 11.2 Å². The maximum Gasteiger partial charge on any atom is 0.284 e. The van der Waals surface area contributed by atoms with E-state index in [2.05, 4.69) is 25.1 Å². The summed E-state index contributed by atoms with van der Waals surface area (Å²) in [7, 11) is 0. The molecule has 2 aromatic heterocycles. The van der Waals surface area contributed by atoms with E-state index in [0.29, 0.717) is 11.7 Å². The third kappa shape index (κ3) is 1.98. The fraction of sp³-hybridized carbons (Fsp3) is 0.556. The lowest BCUT2D eigenvalue weighted by Crippen LogP contribution is -2.04. The highest BCUT2D eigenvalue weighted by atomic mass is 16.6. The first-order valence-electron chi connectivity index (χ1n) is 5.31. The van der Waals surface area contributed by atoms with Gasteiger partial charge in [0.05, 0.1) is 0 Å². The molecule has 0 saturated carbocycles. The molecule has 2 N–H and O–H groups in total. The molecule has 3 heterocycles. The molecule has 2 aromatic rings. The topological polar surface area (TPSA) is 113 Å². The zero-order chi connectivity index (χ0) is 11.7. The van der Waals surface area contributed by atoms with Gasteiger partial charge >= 0.3 is 0 Å². The highest BCUT2D eigenvalue weighted by Crippen LogP contribution is 2.22. The van der Waals surface area contributed by atoms with Crippen molar-refractivity contribution in [3.63, 3.8) is 0 Å². The first kappa shape index (κ1) is 10.2. The van der Waals surface area contributed by atoms with Crippen molar-refractivity contribution in [2.24, 2.45) is 5.92 Å². The second kappa shape index (κ2) is 4.13. The van der Waals surface area contributed by atoms with Crippen LogP contribution < -0.4 is 5.73 Å². The maximum atomic E-state index is 5.53. The van der Waals surface area contributed by atoms with Gasteiger partial charge in [-0.3, -0.25) is 0 Å². The molecule has 0 spiro atoms. The summed E-state index contributed by atoms with van der Waals surface area (Å²) in [6, 6.07) is 0. The quantitative estimate of drug-likeness (QED) is 0.809. The Labute approximate surface area is 96.1 Å². The van der Waals surface area contributed by atoms with Gasteiger partial charge in [-0.25, -0.2) is 4.63 Å². The maximum absolute atomic E-state index is 5.53. The van der Waals surface area contributed by atoms with E-state index >= 15 is 0 Å². The minimum Gasteiger partial charge on any atom is -0.381 e. The van der Waals surface area contributed by atoms with E-state index in [0.717, 1.165) is 26.1 Å². The molecule has 3 rings (SSSR count). The summed E-state index contributed by atoms with van der Waals surface area (Å²) in [6.45, 7) is 1.55. The average molecular weight is 237 g/mol. The van der Waals surface area contributed by atoms with Crippen molar-refractivity contribution in [3.8, 4) is 11.6 Å². The monoisotopic (exact) mass is 237 g/mol. The lowest BCUT2D eigenvalue weighted by molar-refractivity contribution is 0.185. The average Bonchev–Trinajstić information content (AvgIpc) is 3.00. The number of rotatable bonds is 3. The van der Waals surface area contributed by atoms with Gasteiger partial charge in [-0.2, -0.15) is 4.98 Å². The number of ether oxygens (including phenoxy) is 1. The number of hydrogen-bond donors (Lipinski definition) is 1. The molecular weight excluding hydrogens is 226 g/mol. The molecular formula is C9H11N5O3. The molecule has 0 bridgehead atoms. The Balaban J connectivity index is 1.76. The summed E-state index contributed by atoms with van der Waals surface area (Å²) in [6.07, 6.45) is 1.76. The highest BCUT2D eigenvalue weighted by molar-refractivity contribution is 5.60. The van der Waals surface area contributed by atoms with Crippen LogP contribution in [0.4, 0.5) is 5.82 Å². The van der Waals surface area contributed by atoms with Gasteiger partial charge in [0.15, 0.2) is 5.82 Å². The Bertz CT molecular complexity index is 502. The van der Waals surface area contributed by atoms with E-state index in [9.17, 15) is 0 Å². The summed E-state index contributed by atoms with van der Waals surface area (Å²) in [5, 5.41) is 10.9. The molecule has 0 amide bonds. The van der Waals surface area contributed by atoms with Crippen molar-refractivity contribution in [1.29, 1.82) is 0 Å². The lowest BCUT2D eigenvalue weighted by Gasteiger charge is -2.00. The Hall–Kier alpha value is -1.96. The van der Waals surface area contributed by atoms with Crippen LogP contribution in [0.5, 0.6) is 0 Å². The molecule has 1 saturated heterocycles. The first-order chi connectivity index (χ1) is 8.33. The third-order valence-corrected chi connectivity index (χ3v) is 2.68. The van der Waals surface area contributed by atoms with Crippen LogP contribution in [0.1, 0.15) is 12.2 Å². The van der Waals surface area contributed by atoms with Gasteiger partial charge in [0.2, 0.25) is 11.5 Å². The zero-order valence-electron chi connectivity index (χ0n) is 9.00. The molecule has 8 nitrogen and oxygen atoms in total. The molecule has 17 heavy (non-hydrogen) atoms. The van der Waals surface area contributed by atoms with Gasteiger partial charge in [0, 0.05) is 19.6 Å². The van der Waals surface area contributed by atoms with E-state index in [4.69, 9.17) is 15.0 Å². The van der Waals surface area contributed by atoms with Crippen LogP contribution in [0.2, 0.25) is 0 Å². The summed E-state index contributed by atoms with van der Waals surface area (Å²) in [5.74, 6) is 1.45. The molecule has 1 atom stereocenters. The normalized spacial score (nSPS) is 19.9. The van der Waals surface area contributed by atoms with Crippen LogP contribution in [0.25, 0.3) is 11.6 Å². The Morgan fingerprint density at radius 3 is 2.94 bits per heavy atom. The summed E-state index contributed by atoms with van der Waals surface area (Å²) >= 11 is 0. The molecule has 1 aliphatic rings. The summed E-state index contributed by atoms with van der Waals surface area (Å²) in [5.41, 5.74) is 5.81. The highest BCUT2D eigenvalue weighted by Gasteiger charge is 2.21. The number of nitrogens with zero attached hydrogens (tertiary/aromatic N) is 4. The van der Waals surface area contributed by atoms with Gasteiger partial charge in [0.25, 0.3) is 5.89 Å². The van der Waals surface area contributed by atoms with E-state index < -0.39 is 0 Å². The Kier molecular flexibility index (Phi) is 2.48. The Morgan fingerprint density at radius 1 is 1.29 bits per heavy atom. The van der Waals surface area contributed by atoms with E-state index in [1.165, 1.54) is 0 Å². The van der Waals surface area contributed by atoms with Gasteiger partial charge in [-0.05, 0) is 22.7 Å². The van der Waals surface area contributed by atoms with Crippen LogP contribution in [0.15, 0.2) is 9.15 Å². The first-order valence-corrected chi connectivity index (χ1v) is 5.31. The van der Waals surface area contributed by atoms with E-state index in [1.54, 1.807) is 0 Å². The van der Waals surface area contributed by atoms with Gasteiger partial charge in [-0.15, -0.1) is 0 Å². The smallest absolute Gasteiger partial charge is 0.284 e. The van der Waals surface area contributed by atoms with E-state index in [-0.39, 0.29) is 17.4 Å². The van der Waals surface area contributed by atoms with Crippen molar-refractivity contribution in [3.05, 3.63) is 5.82 Å². The second-order valence-electron chi connectivity index (χ2n) is 3.95. The largest absolute Gasteiger partial charge is 0.381 e. The SMILES string of the molecule is Nc1nonc1-c1nc(CC2CCOC2)no1. The molecule has 0 aromatic carbocycles. The van der Waals surface area contributed by atoms with Gasteiger partial charge in [0.1, 0.15) is 0 Å². The standard InChI is InChI=1S/C9H11N5O3/c10-8-7(13-17-14-8)9-11-6(12-16-9)3-5-1-2-15-4-5/h5H,1-4H2,(H2,10,14). The minimum atomic E-state index is 0.143. The van der Waals surface area contributed by atoms with Crippen LogP contribution in [0.3, 0.4) is 0 Å². The van der Waals surface area contributed by atoms with Crippen molar-refractivity contribution in [1.82, 2.24) is 20.5 Å². The molecule has 1 unspecified atom stereocenters. The number of hydrogen-bond acceptors (Lipinski definition) is 8. The lowest BCUT2D eigenvalue weighted by atomic mass is 10.1. The van der Waals surface area contributed by atoms with Gasteiger partial charge < -0.3 is 15.0 Å². The molecule has 0 radical (unpaired) electrons. The molecule has 90 valence electrons. The van der Waals surface area contributed by atoms with Crippen LogP contribution >= 0.6 is 0 Å². The van der Waals surface area contributed by atoms with Crippen molar-refractivity contribution < 1.29 is 13.9 Å².